The number of esters is 1. The topological polar surface area (TPSA) is 69.4 Å². The van der Waals surface area contributed by atoms with Crippen molar-refractivity contribution in [3.63, 3.8) is 0 Å². The molecule has 4 nitrogen and oxygen atoms in total. The van der Waals surface area contributed by atoms with Crippen LogP contribution >= 0.6 is 0 Å². The Morgan fingerprint density at radius 1 is 1.29 bits per heavy atom. The zero-order valence-electron chi connectivity index (χ0n) is 9.89. The predicted octanol–water partition coefficient (Wildman–Crippen LogP) is 1.43. The first-order valence-corrected chi connectivity index (χ1v) is 5.55. The summed E-state index contributed by atoms with van der Waals surface area (Å²) < 4.78 is 5.05. The first-order chi connectivity index (χ1) is 8.09. The van der Waals surface area contributed by atoms with Crippen LogP contribution in [0.1, 0.15) is 25.3 Å². The highest BCUT2D eigenvalue weighted by Crippen LogP contribution is 2.03. The second kappa shape index (κ2) is 6.81. The second-order valence-corrected chi connectivity index (χ2v) is 3.90. The van der Waals surface area contributed by atoms with Crippen molar-refractivity contribution in [1.29, 1.82) is 0 Å². The Bertz CT molecular complexity index is 376. The summed E-state index contributed by atoms with van der Waals surface area (Å²) >= 11 is 0. The zero-order valence-corrected chi connectivity index (χ0v) is 9.89. The third-order valence-corrected chi connectivity index (χ3v) is 2.42. The predicted molar refractivity (Wildman–Crippen MR) is 64.1 cm³/mol. The fraction of sp³-hybridized carbons (Fsp3) is 0.385. The molecule has 0 aliphatic heterocycles. The maximum absolute atomic E-state index is 11.4. The van der Waals surface area contributed by atoms with Crippen molar-refractivity contribution in [1.82, 2.24) is 0 Å². The SMILES string of the molecule is CC(=O)[C@@H](N)CCC(=O)OCc1ccccc1. The Morgan fingerprint density at radius 3 is 2.53 bits per heavy atom. The summed E-state index contributed by atoms with van der Waals surface area (Å²) in [4.78, 5) is 22.2. The molecule has 0 spiro atoms. The minimum absolute atomic E-state index is 0.110. The highest BCUT2D eigenvalue weighted by Gasteiger charge is 2.11. The first kappa shape index (κ1) is 13.4. The van der Waals surface area contributed by atoms with E-state index in [1.165, 1.54) is 6.92 Å². The summed E-state index contributed by atoms with van der Waals surface area (Å²) in [6, 6.07) is 8.86. The van der Waals surface area contributed by atoms with Crippen LogP contribution in [-0.4, -0.2) is 17.8 Å². The van der Waals surface area contributed by atoms with E-state index in [1.807, 2.05) is 30.3 Å². The van der Waals surface area contributed by atoms with Gasteiger partial charge in [-0.25, -0.2) is 0 Å². The molecule has 0 aromatic heterocycles. The molecular weight excluding hydrogens is 218 g/mol. The molecule has 0 fully saturated rings. The third-order valence-electron chi connectivity index (χ3n) is 2.42. The molecule has 1 aromatic carbocycles. The van der Waals surface area contributed by atoms with Crippen molar-refractivity contribution in [2.75, 3.05) is 0 Å². The largest absolute Gasteiger partial charge is 0.461 e. The highest BCUT2D eigenvalue weighted by atomic mass is 16.5. The van der Waals surface area contributed by atoms with Gasteiger partial charge in [0.25, 0.3) is 0 Å². The normalized spacial score (nSPS) is 11.9. The van der Waals surface area contributed by atoms with E-state index in [4.69, 9.17) is 10.5 Å². The molecule has 0 aliphatic carbocycles. The molecule has 0 saturated carbocycles. The number of carbonyl (C=O) groups excluding carboxylic acids is 2. The van der Waals surface area contributed by atoms with Crippen LogP contribution in [0.15, 0.2) is 30.3 Å². The maximum Gasteiger partial charge on any atom is 0.306 e. The molecule has 4 heteroatoms. The van der Waals surface area contributed by atoms with Crippen LogP contribution in [0.25, 0.3) is 0 Å². The fourth-order valence-electron chi connectivity index (χ4n) is 1.29. The average Bonchev–Trinajstić information content (AvgIpc) is 2.34. The number of ketones is 1. The molecule has 17 heavy (non-hydrogen) atoms. The molecule has 1 aromatic rings. The van der Waals surface area contributed by atoms with E-state index in [-0.39, 0.29) is 24.8 Å². The van der Waals surface area contributed by atoms with Crippen molar-refractivity contribution in [3.05, 3.63) is 35.9 Å². The summed E-state index contributed by atoms with van der Waals surface area (Å²) in [5, 5.41) is 0. The number of Topliss-reactive ketones (excluding diaryl/α,β-unsaturated/α-hetero) is 1. The van der Waals surface area contributed by atoms with Crippen molar-refractivity contribution in [2.45, 2.75) is 32.4 Å². The molecule has 0 saturated heterocycles. The monoisotopic (exact) mass is 235 g/mol. The molecule has 92 valence electrons. The maximum atomic E-state index is 11.4. The van der Waals surface area contributed by atoms with E-state index in [0.29, 0.717) is 6.42 Å². The van der Waals surface area contributed by atoms with Crippen molar-refractivity contribution in [2.24, 2.45) is 5.73 Å². The summed E-state index contributed by atoms with van der Waals surface area (Å²) in [7, 11) is 0. The molecule has 0 bridgehead atoms. The molecule has 0 radical (unpaired) electrons. The van der Waals surface area contributed by atoms with E-state index in [0.717, 1.165) is 5.56 Å². The highest BCUT2D eigenvalue weighted by molar-refractivity contribution is 5.81. The second-order valence-electron chi connectivity index (χ2n) is 3.90. The van der Waals surface area contributed by atoms with Gasteiger partial charge in [-0.1, -0.05) is 30.3 Å². The van der Waals surface area contributed by atoms with Gasteiger partial charge < -0.3 is 10.5 Å². The molecular formula is C13H17NO3. The summed E-state index contributed by atoms with van der Waals surface area (Å²) in [5.74, 6) is -0.439. The van der Waals surface area contributed by atoms with Crippen molar-refractivity contribution in [3.8, 4) is 0 Å². The van der Waals surface area contributed by atoms with Crippen LogP contribution in [0, 0.1) is 0 Å². The summed E-state index contributed by atoms with van der Waals surface area (Å²) in [6.07, 6.45) is 0.510. The Balaban J connectivity index is 2.24. The van der Waals surface area contributed by atoms with E-state index >= 15 is 0 Å². The van der Waals surface area contributed by atoms with Crippen LogP contribution in [0.2, 0.25) is 0 Å². The quantitative estimate of drug-likeness (QED) is 0.757. The van der Waals surface area contributed by atoms with Crippen LogP contribution in [0.4, 0.5) is 0 Å². The van der Waals surface area contributed by atoms with Crippen molar-refractivity contribution >= 4 is 11.8 Å². The molecule has 1 rings (SSSR count). The van der Waals surface area contributed by atoms with E-state index in [2.05, 4.69) is 0 Å². The number of rotatable bonds is 6. The van der Waals surface area contributed by atoms with Gasteiger partial charge in [0.1, 0.15) is 12.4 Å². The van der Waals surface area contributed by atoms with Gasteiger partial charge in [-0.2, -0.15) is 0 Å². The lowest BCUT2D eigenvalue weighted by atomic mass is 10.1. The number of ether oxygens (including phenoxy) is 1. The molecule has 2 N–H and O–H groups in total. The van der Waals surface area contributed by atoms with E-state index < -0.39 is 6.04 Å². The Kier molecular flexibility index (Phi) is 5.36. The summed E-state index contributed by atoms with van der Waals surface area (Å²) in [5.41, 5.74) is 6.46. The smallest absolute Gasteiger partial charge is 0.306 e. The molecule has 0 heterocycles. The van der Waals surface area contributed by atoms with Gasteiger partial charge >= 0.3 is 5.97 Å². The minimum Gasteiger partial charge on any atom is -0.461 e. The lowest BCUT2D eigenvalue weighted by Crippen LogP contribution is -2.29. The van der Waals surface area contributed by atoms with Gasteiger partial charge in [-0.05, 0) is 18.9 Å². The third kappa shape index (κ3) is 5.26. The fourth-order valence-corrected chi connectivity index (χ4v) is 1.29. The van der Waals surface area contributed by atoms with E-state index in [1.54, 1.807) is 0 Å². The van der Waals surface area contributed by atoms with Gasteiger partial charge in [-0.15, -0.1) is 0 Å². The van der Waals surface area contributed by atoms with Gasteiger partial charge in [0.2, 0.25) is 0 Å². The van der Waals surface area contributed by atoms with Crippen LogP contribution in [0.3, 0.4) is 0 Å². The van der Waals surface area contributed by atoms with Gasteiger partial charge in [0.05, 0.1) is 6.04 Å². The lowest BCUT2D eigenvalue weighted by molar-refractivity contribution is -0.145. The number of hydrogen-bond acceptors (Lipinski definition) is 4. The van der Waals surface area contributed by atoms with Crippen molar-refractivity contribution < 1.29 is 14.3 Å². The molecule has 0 amide bonds. The Morgan fingerprint density at radius 2 is 1.94 bits per heavy atom. The van der Waals surface area contributed by atoms with Crippen LogP contribution in [-0.2, 0) is 20.9 Å². The van der Waals surface area contributed by atoms with Gasteiger partial charge in [0, 0.05) is 6.42 Å². The van der Waals surface area contributed by atoms with E-state index in [9.17, 15) is 9.59 Å². The van der Waals surface area contributed by atoms with Gasteiger partial charge in [-0.3, -0.25) is 9.59 Å². The standard InChI is InChI=1S/C13H17NO3/c1-10(15)12(14)7-8-13(16)17-9-11-5-3-2-4-6-11/h2-6,12H,7-9,14H2,1H3/t12-/m0/s1. The number of carbonyl (C=O) groups is 2. The number of benzene rings is 1. The molecule has 0 aliphatic rings. The molecule has 1 atom stereocenters. The number of hydrogen-bond donors (Lipinski definition) is 1. The van der Waals surface area contributed by atoms with Gasteiger partial charge in [0.15, 0.2) is 0 Å². The first-order valence-electron chi connectivity index (χ1n) is 5.55. The Labute approximate surface area is 101 Å². The minimum atomic E-state index is -0.570. The van der Waals surface area contributed by atoms with Crippen LogP contribution in [0.5, 0.6) is 0 Å². The Hall–Kier alpha value is -1.68. The zero-order chi connectivity index (χ0) is 12.7. The number of nitrogens with two attached hydrogens (primary N) is 1. The van der Waals surface area contributed by atoms with Crippen LogP contribution < -0.4 is 5.73 Å². The average molecular weight is 235 g/mol. The molecule has 0 unspecified atom stereocenters. The lowest BCUT2D eigenvalue weighted by Gasteiger charge is -2.07. The summed E-state index contributed by atoms with van der Waals surface area (Å²) in [6.45, 7) is 1.68.